The number of carbonyl (C=O) groups excluding carboxylic acids is 2. The van der Waals surface area contributed by atoms with E-state index in [1.165, 1.54) is 6.08 Å². The van der Waals surface area contributed by atoms with Gasteiger partial charge < -0.3 is 22.1 Å². The van der Waals surface area contributed by atoms with Crippen molar-refractivity contribution in [1.82, 2.24) is 10.6 Å². The molecule has 0 fully saturated rings. The van der Waals surface area contributed by atoms with Crippen LogP contribution in [-0.2, 0) is 9.59 Å². The van der Waals surface area contributed by atoms with E-state index in [1.54, 1.807) is 7.05 Å². The van der Waals surface area contributed by atoms with Crippen LogP contribution in [0, 0.1) is 0 Å². The standard InChI is InChI=1S/C10H18N4O2/c1-3-8(15)14-6-4-5-7(11)9(13-2)10(12)16/h3,13H,1,4-6,11H2,2H3,(H2,12,16)(H,14,15). The van der Waals surface area contributed by atoms with Crippen LogP contribution in [-0.4, -0.2) is 25.4 Å². The maximum atomic E-state index is 10.9. The first-order chi connectivity index (χ1) is 7.52. The summed E-state index contributed by atoms with van der Waals surface area (Å²) in [5, 5.41) is 5.24. The lowest BCUT2D eigenvalue weighted by Crippen LogP contribution is -2.28. The van der Waals surface area contributed by atoms with Gasteiger partial charge in [0.15, 0.2) is 0 Å². The molecule has 6 nitrogen and oxygen atoms in total. The Morgan fingerprint density at radius 2 is 2.00 bits per heavy atom. The first kappa shape index (κ1) is 14.0. The number of hydrogen-bond acceptors (Lipinski definition) is 4. The van der Waals surface area contributed by atoms with E-state index in [1.807, 2.05) is 0 Å². The molecule has 6 N–H and O–H groups in total. The van der Waals surface area contributed by atoms with Crippen LogP contribution in [0.5, 0.6) is 0 Å². The molecule has 0 bridgehead atoms. The largest absolute Gasteiger partial charge is 0.400 e. The van der Waals surface area contributed by atoms with Gasteiger partial charge in [-0.1, -0.05) is 6.58 Å². The van der Waals surface area contributed by atoms with E-state index in [0.29, 0.717) is 25.1 Å². The van der Waals surface area contributed by atoms with Crippen molar-refractivity contribution >= 4 is 11.8 Å². The van der Waals surface area contributed by atoms with Crippen molar-refractivity contribution in [3.63, 3.8) is 0 Å². The molecule has 0 aromatic heterocycles. The topological polar surface area (TPSA) is 110 Å². The maximum Gasteiger partial charge on any atom is 0.266 e. The fourth-order valence-electron chi connectivity index (χ4n) is 1.13. The molecule has 0 saturated carbocycles. The zero-order valence-corrected chi connectivity index (χ0v) is 9.38. The Morgan fingerprint density at radius 3 is 2.44 bits per heavy atom. The summed E-state index contributed by atoms with van der Waals surface area (Å²) in [4.78, 5) is 21.7. The second-order valence-corrected chi connectivity index (χ2v) is 3.11. The van der Waals surface area contributed by atoms with Crippen molar-refractivity contribution in [2.24, 2.45) is 11.5 Å². The van der Waals surface area contributed by atoms with Gasteiger partial charge in [0.1, 0.15) is 5.70 Å². The second-order valence-electron chi connectivity index (χ2n) is 3.11. The predicted octanol–water partition coefficient (Wildman–Crippen LogP) is -1.06. The molecule has 6 heteroatoms. The number of amides is 2. The molecule has 0 aliphatic heterocycles. The van der Waals surface area contributed by atoms with Gasteiger partial charge >= 0.3 is 0 Å². The number of nitrogens with one attached hydrogen (secondary N) is 2. The van der Waals surface area contributed by atoms with Crippen LogP contribution in [0.2, 0.25) is 0 Å². The van der Waals surface area contributed by atoms with Gasteiger partial charge in [0.2, 0.25) is 5.91 Å². The SMILES string of the molecule is C=CC(=O)NCCCC(N)=C(NC)C(N)=O. The quantitative estimate of drug-likeness (QED) is 0.328. The monoisotopic (exact) mass is 226 g/mol. The van der Waals surface area contributed by atoms with Crippen LogP contribution >= 0.6 is 0 Å². The maximum absolute atomic E-state index is 10.9. The molecule has 0 aliphatic carbocycles. The smallest absolute Gasteiger partial charge is 0.266 e. The van der Waals surface area contributed by atoms with Gasteiger partial charge in [0, 0.05) is 19.3 Å². The average Bonchev–Trinajstić information content (AvgIpc) is 2.24. The van der Waals surface area contributed by atoms with Gasteiger partial charge in [-0.15, -0.1) is 0 Å². The van der Waals surface area contributed by atoms with E-state index in [4.69, 9.17) is 11.5 Å². The summed E-state index contributed by atoms with van der Waals surface area (Å²) in [7, 11) is 1.58. The number of likely N-dealkylation sites (N-methyl/N-ethyl adjacent to an activating group) is 1. The number of allylic oxidation sites excluding steroid dienone is 1. The van der Waals surface area contributed by atoms with Crippen LogP contribution in [0.25, 0.3) is 0 Å². The first-order valence-corrected chi connectivity index (χ1v) is 4.89. The molecule has 0 unspecified atom stereocenters. The third-order valence-electron chi connectivity index (χ3n) is 1.93. The first-order valence-electron chi connectivity index (χ1n) is 4.89. The van der Waals surface area contributed by atoms with Gasteiger partial charge in [-0.3, -0.25) is 9.59 Å². The van der Waals surface area contributed by atoms with Gasteiger partial charge in [-0.05, 0) is 18.9 Å². The number of rotatable bonds is 7. The highest BCUT2D eigenvalue weighted by molar-refractivity contribution is 5.91. The molecule has 16 heavy (non-hydrogen) atoms. The third-order valence-corrected chi connectivity index (χ3v) is 1.93. The molecule has 0 aromatic carbocycles. The number of carbonyl (C=O) groups is 2. The summed E-state index contributed by atoms with van der Waals surface area (Å²) in [6.45, 7) is 3.80. The normalized spacial score (nSPS) is 11.3. The summed E-state index contributed by atoms with van der Waals surface area (Å²) in [5.41, 5.74) is 11.4. The Morgan fingerprint density at radius 1 is 1.38 bits per heavy atom. The molecule has 0 rings (SSSR count). The highest BCUT2D eigenvalue weighted by Crippen LogP contribution is 2.02. The van der Waals surface area contributed by atoms with Crippen molar-refractivity contribution in [3.05, 3.63) is 24.0 Å². The fourth-order valence-corrected chi connectivity index (χ4v) is 1.13. The molecular weight excluding hydrogens is 208 g/mol. The molecule has 0 aliphatic rings. The Balaban J connectivity index is 4.05. The number of nitrogens with two attached hydrogens (primary N) is 2. The molecule has 0 saturated heterocycles. The molecule has 0 spiro atoms. The van der Waals surface area contributed by atoms with Crippen LogP contribution < -0.4 is 22.1 Å². The summed E-state index contributed by atoms with van der Waals surface area (Å²) >= 11 is 0. The summed E-state index contributed by atoms with van der Waals surface area (Å²) < 4.78 is 0. The van der Waals surface area contributed by atoms with Crippen molar-refractivity contribution in [1.29, 1.82) is 0 Å². The predicted molar refractivity (Wildman–Crippen MR) is 61.9 cm³/mol. The molecule has 0 heterocycles. The van der Waals surface area contributed by atoms with E-state index < -0.39 is 5.91 Å². The molecule has 0 aromatic rings. The summed E-state index contributed by atoms with van der Waals surface area (Å²) in [6.07, 6.45) is 2.31. The van der Waals surface area contributed by atoms with Gasteiger partial charge in [0.05, 0.1) is 0 Å². The Bertz CT molecular complexity index is 310. The summed E-state index contributed by atoms with van der Waals surface area (Å²) in [5.74, 6) is -0.818. The number of hydrogen-bond donors (Lipinski definition) is 4. The van der Waals surface area contributed by atoms with E-state index >= 15 is 0 Å². The van der Waals surface area contributed by atoms with Crippen LogP contribution in [0.3, 0.4) is 0 Å². The van der Waals surface area contributed by atoms with Crippen molar-refractivity contribution < 1.29 is 9.59 Å². The molecular formula is C10H18N4O2. The van der Waals surface area contributed by atoms with E-state index in [-0.39, 0.29) is 11.6 Å². The molecule has 0 radical (unpaired) electrons. The Kier molecular flexibility index (Phi) is 6.42. The highest BCUT2D eigenvalue weighted by Gasteiger charge is 2.07. The molecule has 0 atom stereocenters. The minimum absolute atomic E-state index is 0.218. The zero-order valence-electron chi connectivity index (χ0n) is 9.38. The summed E-state index contributed by atoms with van der Waals surface area (Å²) in [6, 6.07) is 0. The van der Waals surface area contributed by atoms with Crippen molar-refractivity contribution in [2.75, 3.05) is 13.6 Å². The number of primary amides is 1. The fraction of sp³-hybridized carbons (Fsp3) is 0.400. The zero-order chi connectivity index (χ0) is 12.6. The average molecular weight is 226 g/mol. The Labute approximate surface area is 94.7 Å². The van der Waals surface area contributed by atoms with E-state index in [9.17, 15) is 9.59 Å². The lowest BCUT2D eigenvalue weighted by atomic mass is 10.2. The van der Waals surface area contributed by atoms with Crippen molar-refractivity contribution in [3.8, 4) is 0 Å². The molecule has 2 amide bonds. The van der Waals surface area contributed by atoms with E-state index in [2.05, 4.69) is 17.2 Å². The van der Waals surface area contributed by atoms with Gasteiger partial charge in [0.25, 0.3) is 5.91 Å². The lowest BCUT2D eigenvalue weighted by molar-refractivity contribution is -0.116. The lowest BCUT2D eigenvalue weighted by Gasteiger charge is -2.08. The van der Waals surface area contributed by atoms with Gasteiger partial charge in [-0.25, -0.2) is 0 Å². The van der Waals surface area contributed by atoms with Gasteiger partial charge in [-0.2, -0.15) is 0 Å². The van der Waals surface area contributed by atoms with Crippen LogP contribution in [0.4, 0.5) is 0 Å². The Hall–Kier alpha value is -1.98. The van der Waals surface area contributed by atoms with Crippen molar-refractivity contribution in [2.45, 2.75) is 12.8 Å². The third kappa shape index (κ3) is 5.04. The second kappa shape index (κ2) is 7.33. The minimum atomic E-state index is -0.588. The van der Waals surface area contributed by atoms with E-state index in [0.717, 1.165) is 0 Å². The van der Waals surface area contributed by atoms with Crippen LogP contribution in [0.1, 0.15) is 12.8 Å². The molecule has 90 valence electrons. The minimum Gasteiger partial charge on any atom is -0.400 e. The highest BCUT2D eigenvalue weighted by atomic mass is 16.1. The van der Waals surface area contributed by atoms with Crippen LogP contribution in [0.15, 0.2) is 24.0 Å².